The van der Waals surface area contributed by atoms with E-state index in [4.69, 9.17) is 5.73 Å². The van der Waals surface area contributed by atoms with Crippen LogP contribution in [0.15, 0.2) is 66.9 Å². The largest absolute Gasteiger partial charge is 0.366 e. The van der Waals surface area contributed by atoms with Crippen molar-refractivity contribution >= 4 is 11.8 Å². The van der Waals surface area contributed by atoms with Crippen LogP contribution in [0.2, 0.25) is 0 Å². The number of pyridine rings is 1. The summed E-state index contributed by atoms with van der Waals surface area (Å²) in [5.74, 6) is -0.957. The van der Waals surface area contributed by atoms with Crippen LogP contribution >= 0.6 is 0 Å². The molecule has 0 spiro atoms. The van der Waals surface area contributed by atoms with Crippen molar-refractivity contribution in [3.8, 4) is 11.1 Å². The summed E-state index contributed by atoms with van der Waals surface area (Å²) < 4.78 is 14.4. The van der Waals surface area contributed by atoms with Crippen molar-refractivity contribution in [3.63, 3.8) is 0 Å². The molecule has 5 nitrogen and oxygen atoms in total. The number of primary amides is 1. The number of carbonyl (C=O) groups excluding carboxylic acids is 2. The number of amides is 2. The van der Waals surface area contributed by atoms with Gasteiger partial charge in [-0.15, -0.1) is 0 Å². The number of hydrogen-bond acceptors (Lipinski definition) is 3. The summed E-state index contributed by atoms with van der Waals surface area (Å²) in [7, 11) is 0. The molecular formula is C26H26FN3O2. The predicted molar refractivity (Wildman–Crippen MR) is 121 cm³/mol. The first kappa shape index (κ1) is 21.7. The van der Waals surface area contributed by atoms with Gasteiger partial charge in [0.2, 0.25) is 11.8 Å². The average Bonchev–Trinajstić information content (AvgIpc) is 3.28. The van der Waals surface area contributed by atoms with E-state index in [1.54, 1.807) is 56.4 Å². The van der Waals surface area contributed by atoms with Crippen molar-refractivity contribution in [1.29, 1.82) is 0 Å². The minimum absolute atomic E-state index is 0.106. The zero-order chi connectivity index (χ0) is 22.9. The maximum atomic E-state index is 14.4. The molecule has 2 amide bonds. The second-order valence-electron chi connectivity index (χ2n) is 8.68. The van der Waals surface area contributed by atoms with Crippen LogP contribution in [0.4, 0.5) is 4.39 Å². The van der Waals surface area contributed by atoms with Crippen LogP contribution < -0.4 is 5.73 Å². The van der Waals surface area contributed by atoms with E-state index >= 15 is 0 Å². The third-order valence-electron chi connectivity index (χ3n) is 6.20. The monoisotopic (exact) mass is 431 g/mol. The first-order valence-electron chi connectivity index (χ1n) is 10.7. The lowest BCUT2D eigenvalue weighted by Gasteiger charge is -2.33. The Balaban J connectivity index is 1.59. The summed E-state index contributed by atoms with van der Waals surface area (Å²) >= 11 is 0. The molecule has 1 aliphatic heterocycles. The van der Waals surface area contributed by atoms with E-state index in [1.807, 2.05) is 23.1 Å². The van der Waals surface area contributed by atoms with Gasteiger partial charge in [0.1, 0.15) is 5.82 Å². The molecule has 0 radical (unpaired) electrons. The molecule has 2 aromatic carbocycles. The summed E-state index contributed by atoms with van der Waals surface area (Å²) in [5.41, 5.74) is 7.74. The van der Waals surface area contributed by atoms with Crippen LogP contribution in [0.1, 0.15) is 54.3 Å². The Hall–Kier alpha value is -3.54. The number of halogens is 1. The van der Waals surface area contributed by atoms with Gasteiger partial charge in [-0.25, -0.2) is 4.39 Å². The van der Waals surface area contributed by atoms with Crippen LogP contribution in [0, 0.1) is 5.82 Å². The number of nitrogens with zero attached hydrogens (tertiary/aromatic N) is 2. The smallest absolute Gasteiger partial charge is 0.248 e. The minimum atomic E-state index is -0.983. The Morgan fingerprint density at radius 2 is 1.84 bits per heavy atom. The number of rotatable bonds is 5. The molecule has 4 rings (SSSR count). The molecule has 32 heavy (non-hydrogen) atoms. The summed E-state index contributed by atoms with van der Waals surface area (Å²) in [6.07, 6.45) is 3.43. The quantitative estimate of drug-likeness (QED) is 0.640. The van der Waals surface area contributed by atoms with E-state index in [0.29, 0.717) is 17.7 Å². The number of likely N-dealkylation sites (tertiary alicyclic amines) is 1. The van der Waals surface area contributed by atoms with Gasteiger partial charge >= 0.3 is 0 Å². The number of nitrogens with two attached hydrogens (primary N) is 1. The lowest BCUT2D eigenvalue weighted by molar-refractivity contribution is -0.137. The van der Waals surface area contributed by atoms with Gasteiger partial charge in [-0.3, -0.25) is 14.6 Å². The number of carbonyl (C=O) groups is 2. The van der Waals surface area contributed by atoms with Crippen LogP contribution in [0.5, 0.6) is 0 Å². The summed E-state index contributed by atoms with van der Waals surface area (Å²) in [5, 5.41) is 0. The first-order valence-corrected chi connectivity index (χ1v) is 10.7. The standard InChI is InChI=1S/C26H26FN3O2/c1-26(2,20-9-3-4-10-21(20)27)25(32)30-14-6-11-23(30)22-13-12-19(16-29-22)17-7-5-8-18(15-17)24(28)31/h3-5,7-10,12-13,15-16,23H,6,11,14H2,1-2H3,(H2,28,31). The fourth-order valence-corrected chi connectivity index (χ4v) is 4.38. The zero-order valence-electron chi connectivity index (χ0n) is 18.2. The molecule has 1 saturated heterocycles. The summed E-state index contributed by atoms with van der Waals surface area (Å²) in [6.45, 7) is 4.15. The summed E-state index contributed by atoms with van der Waals surface area (Å²) in [4.78, 5) is 31.4. The van der Waals surface area contributed by atoms with Crippen molar-refractivity contribution in [3.05, 3.63) is 89.5 Å². The lowest BCUT2D eigenvalue weighted by atomic mass is 9.82. The molecule has 1 aliphatic rings. The second-order valence-corrected chi connectivity index (χ2v) is 8.68. The van der Waals surface area contributed by atoms with Crippen molar-refractivity contribution < 1.29 is 14.0 Å². The van der Waals surface area contributed by atoms with Gasteiger partial charge in [0.25, 0.3) is 0 Å². The third kappa shape index (κ3) is 4.00. The number of aromatic nitrogens is 1. The average molecular weight is 432 g/mol. The molecule has 6 heteroatoms. The van der Waals surface area contributed by atoms with Gasteiger partial charge in [0.05, 0.1) is 17.2 Å². The molecule has 0 aliphatic carbocycles. The highest BCUT2D eigenvalue weighted by Crippen LogP contribution is 2.37. The Labute approximate surface area is 187 Å². The maximum absolute atomic E-state index is 14.4. The highest BCUT2D eigenvalue weighted by Gasteiger charge is 2.41. The molecule has 2 heterocycles. The third-order valence-corrected chi connectivity index (χ3v) is 6.20. The van der Waals surface area contributed by atoms with E-state index in [0.717, 1.165) is 29.7 Å². The van der Waals surface area contributed by atoms with Gasteiger partial charge in [0, 0.05) is 29.4 Å². The van der Waals surface area contributed by atoms with E-state index < -0.39 is 11.3 Å². The van der Waals surface area contributed by atoms with E-state index in [1.165, 1.54) is 6.07 Å². The van der Waals surface area contributed by atoms with Gasteiger partial charge in [0.15, 0.2) is 0 Å². The Bertz CT molecular complexity index is 1160. The van der Waals surface area contributed by atoms with Gasteiger partial charge in [-0.1, -0.05) is 36.4 Å². The molecule has 2 N–H and O–H groups in total. The van der Waals surface area contributed by atoms with Gasteiger partial charge in [-0.2, -0.15) is 0 Å². The maximum Gasteiger partial charge on any atom is 0.248 e. The highest BCUT2D eigenvalue weighted by molar-refractivity contribution is 5.94. The fraction of sp³-hybridized carbons (Fsp3) is 0.269. The summed E-state index contributed by atoms with van der Waals surface area (Å²) in [6, 6.07) is 17.2. The molecule has 3 aromatic rings. The molecule has 1 fully saturated rings. The molecule has 1 atom stereocenters. The van der Waals surface area contributed by atoms with E-state index in [-0.39, 0.29) is 17.8 Å². The van der Waals surface area contributed by atoms with Crippen molar-refractivity contribution in [2.24, 2.45) is 5.73 Å². The molecule has 1 unspecified atom stereocenters. The Kier molecular flexibility index (Phi) is 5.78. The van der Waals surface area contributed by atoms with Gasteiger partial charge in [-0.05, 0) is 56.5 Å². The van der Waals surface area contributed by atoms with E-state index in [9.17, 15) is 14.0 Å². The van der Waals surface area contributed by atoms with Crippen LogP contribution in [-0.4, -0.2) is 28.2 Å². The molecule has 1 aromatic heterocycles. The molecule has 0 bridgehead atoms. The van der Waals surface area contributed by atoms with Crippen LogP contribution in [0.3, 0.4) is 0 Å². The fourth-order valence-electron chi connectivity index (χ4n) is 4.38. The lowest BCUT2D eigenvalue weighted by Crippen LogP contribution is -2.43. The van der Waals surface area contributed by atoms with Crippen molar-refractivity contribution in [2.75, 3.05) is 6.54 Å². The molecule has 0 saturated carbocycles. The molecule has 164 valence electrons. The Morgan fingerprint density at radius 3 is 2.53 bits per heavy atom. The molecular weight excluding hydrogens is 405 g/mol. The van der Waals surface area contributed by atoms with Gasteiger partial charge < -0.3 is 10.6 Å². The SMILES string of the molecule is CC(C)(C(=O)N1CCCC1c1ccc(-c2cccc(C(N)=O)c2)cn1)c1ccccc1F. The predicted octanol–water partition coefficient (Wildman–Crippen LogP) is 4.63. The highest BCUT2D eigenvalue weighted by atomic mass is 19.1. The minimum Gasteiger partial charge on any atom is -0.366 e. The van der Waals surface area contributed by atoms with Crippen molar-refractivity contribution in [1.82, 2.24) is 9.88 Å². The van der Waals surface area contributed by atoms with Crippen LogP contribution in [0.25, 0.3) is 11.1 Å². The zero-order valence-corrected chi connectivity index (χ0v) is 18.2. The van der Waals surface area contributed by atoms with E-state index in [2.05, 4.69) is 4.98 Å². The number of benzene rings is 2. The normalized spacial score (nSPS) is 16.2. The van der Waals surface area contributed by atoms with Crippen LogP contribution in [-0.2, 0) is 10.2 Å². The van der Waals surface area contributed by atoms with Crippen molar-refractivity contribution in [2.45, 2.75) is 38.1 Å². The Morgan fingerprint density at radius 1 is 1.06 bits per heavy atom. The first-order chi connectivity index (χ1) is 15.3. The number of hydrogen-bond donors (Lipinski definition) is 1. The second kappa shape index (κ2) is 8.54. The topological polar surface area (TPSA) is 76.3 Å².